The first-order valence-corrected chi connectivity index (χ1v) is 6.50. The molecule has 0 fully saturated rings. The molecule has 0 heterocycles. The zero-order valence-electron chi connectivity index (χ0n) is 11.2. The van der Waals surface area contributed by atoms with Gasteiger partial charge in [0.05, 0.1) is 13.2 Å². The summed E-state index contributed by atoms with van der Waals surface area (Å²) in [6.45, 7) is 6.45. The Morgan fingerprint density at radius 2 is 1.53 bits per heavy atom. The van der Waals surface area contributed by atoms with Gasteiger partial charge in [-0.3, -0.25) is 9.59 Å². The van der Waals surface area contributed by atoms with Crippen molar-refractivity contribution in [2.75, 3.05) is 13.2 Å². The quantitative estimate of drug-likeness (QED) is 0.355. The zero-order valence-corrected chi connectivity index (χ0v) is 11.2. The van der Waals surface area contributed by atoms with E-state index < -0.39 is 17.9 Å². The molecule has 0 saturated heterocycles. The number of hydrogen-bond donors (Lipinski definition) is 0. The molecule has 0 rings (SSSR count). The molecule has 4 heteroatoms. The summed E-state index contributed by atoms with van der Waals surface area (Å²) in [4.78, 5) is 23.3. The minimum atomic E-state index is -0.744. The Bertz CT molecular complexity index is 225. The third-order valence-electron chi connectivity index (χ3n) is 2.44. The number of rotatable bonds is 9. The topological polar surface area (TPSA) is 52.6 Å². The molecule has 0 aliphatic rings. The van der Waals surface area contributed by atoms with E-state index in [-0.39, 0.29) is 0 Å². The largest absolute Gasteiger partial charge is 0.465 e. The Balaban J connectivity index is 4.23. The first-order chi connectivity index (χ1) is 8.17. The van der Waals surface area contributed by atoms with E-state index in [1.165, 1.54) is 0 Å². The number of unbranched alkanes of at least 4 members (excludes halogenated alkanes) is 2. The summed E-state index contributed by atoms with van der Waals surface area (Å²) in [6, 6.07) is 0. The third kappa shape index (κ3) is 6.97. The fraction of sp³-hybridized carbons (Fsp3) is 0.846. The van der Waals surface area contributed by atoms with Crippen molar-refractivity contribution in [1.82, 2.24) is 0 Å². The Hall–Kier alpha value is -1.06. The van der Waals surface area contributed by atoms with E-state index in [4.69, 9.17) is 9.47 Å². The molecule has 0 aliphatic heterocycles. The average Bonchev–Trinajstić information content (AvgIpc) is 2.30. The lowest BCUT2D eigenvalue weighted by molar-refractivity contribution is -0.162. The minimum absolute atomic E-state index is 0.295. The van der Waals surface area contributed by atoms with Gasteiger partial charge in [-0.2, -0.15) is 0 Å². The minimum Gasteiger partial charge on any atom is -0.465 e. The van der Waals surface area contributed by atoms with E-state index in [0.717, 1.165) is 25.7 Å². The molecule has 4 nitrogen and oxygen atoms in total. The van der Waals surface area contributed by atoms with E-state index in [1.54, 1.807) is 6.92 Å². The number of carbonyl (C=O) groups excluding carboxylic acids is 2. The van der Waals surface area contributed by atoms with Crippen molar-refractivity contribution in [2.45, 2.75) is 52.9 Å². The average molecular weight is 244 g/mol. The molecule has 0 radical (unpaired) electrons. The van der Waals surface area contributed by atoms with Crippen molar-refractivity contribution in [3.63, 3.8) is 0 Å². The van der Waals surface area contributed by atoms with Crippen LogP contribution >= 0.6 is 0 Å². The molecular formula is C13H24O4. The summed E-state index contributed by atoms with van der Waals surface area (Å²) >= 11 is 0. The summed E-state index contributed by atoms with van der Waals surface area (Å²) in [6.07, 6.45) is 4.08. The highest BCUT2D eigenvalue weighted by atomic mass is 16.6. The summed E-state index contributed by atoms with van der Waals surface area (Å²) in [5.41, 5.74) is 0. The molecule has 0 aromatic heterocycles. The van der Waals surface area contributed by atoms with Crippen molar-refractivity contribution >= 4 is 11.9 Å². The molecule has 0 aliphatic carbocycles. The van der Waals surface area contributed by atoms with E-state index in [9.17, 15) is 9.59 Å². The number of carbonyl (C=O) groups is 2. The standard InChI is InChI=1S/C13H24O4/c1-4-7-9-11(12(14)16-6-3)13(15)17-10-8-5-2/h11H,4-10H2,1-3H3. The van der Waals surface area contributed by atoms with E-state index in [2.05, 4.69) is 0 Å². The monoisotopic (exact) mass is 244 g/mol. The molecule has 0 bridgehead atoms. The van der Waals surface area contributed by atoms with Gasteiger partial charge in [0.15, 0.2) is 5.92 Å². The third-order valence-corrected chi connectivity index (χ3v) is 2.44. The molecule has 17 heavy (non-hydrogen) atoms. The maximum absolute atomic E-state index is 11.7. The molecule has 1 unspecified atom stereocenters. The van der Waals surface area contributed by atoms with Crippen LogP contribution in [0.3, 0.4) is 0 Å². The van der Waals surface area contributed by atoms with Crippen molar-refractivity contribution in [2.24, 2.45) is 5.92 Å². The molecule has 0 N–H and O–H groups in total. The van der Waals surface area contributed by atoms with Crippen LogP contribution in [0.4, 0.5) is 0 Å². The normalized spacial score (nSPS) is 11.9. The Kier molecular flexibility index (Phi) is 9.49. The maximum atomic E-state index is 11.7. The van der Waals surface area contributed by atoms with Gasteiger partial charge >= 0.3 is 11.9 Å². The van der Waals surface area contributed by atoms with Crippen molar-refractivity contribution in [3.05, 3.63) is 0 Å². The van der Waals surface area contributed by atoms with E-state index in [1.807, 2.05) is 13.8 Å². The van der Waals surface area contributed by atoms with Crippen LogP contribution in [0, 0.1) is 5.92 Å². The molecule has 0 aromatic carbocycles. The highest BCUT2D eigenvalue weighted by molar-refractivity contribution is 5.94. The fourth-order valence-corrected chi connectivity index (χ4v) is 1.40. The first-order valence-electron chi connectivity index (χ1n) is 6.50. The lowest BCUT2D eigenvalue weighted by Gasteiger charge is -2.14. The first kappa shape index (κ1) is 15.9. The van der Waals surface area contributed by atoms with Gasteiger partial charge in [0, 0.05) is 0 Å². The molecule has 0 amide bonds. The van der Waals surface area contributed by atoms with Crippen LogP contribution in [-0.4, -0.2) is 25.2 Å². The number of hydrogen-bond acceptors (Lipinski definition) is 4. The van der Waals surface area contributed by atoms with Gasteiger partial charge in [0.1, 0.15) is 0 Å². The van der Waals surface area contributed by atoms with E-state index >= 15 is 0 Å². The van der Waals surface area contributed by atoms with Gasteiger partial charge in [0.25, 0.3) is 0 Å². The second kappa shape index (κ2) is 10.1. The summed E-state index contributed by atoms with van der Waals surface area (Å²) in [5.74, 6) is -1.64. The second-order valence-electron chi connectivity index (χ2n) is 3.97. The zero-order chi connectivity index (χ0) is 13.1. The highest BCUT2D eigenvalue weighted by Crippen LogP contribution is 2.13. The highest BCUT2D eigenvalue weighted by Gasteiger charge is 2.28. The van der Waals surface area contributed by atoms with Crippen LogP contribution in [0.15, 0.2) is 0 Å². The molecular weight excluding hydrogens is 220 g/mol. The second-order valence-corrected chi connectivity index (χ2v) is 3.97. The van der Waals surface area contributed by atoms with Gasteiger partial charge in [-0.1, -0.05) is 33.1 Å². The molecule has 1 atom stereocenters. The van der Waals surface area contributed by atoms with Gasteiger partial charge in [-0.25, -0.2) is 0 Å². The predicted octanol–water partition coefficient (Wildman–Crippen LogP) is 2.70. The van der Waals surface area contributed by atoms with Crippen molar-refractivity contribution in [1.29, 1.82) is 0 Å². The summed E-state index contributed by atoms with van der Waals surface area (Å²) in [5, 5.41) is 0. The van der Waals surface area contributed by atoms with Crippen molar-refractivity contribution < 1.29 is 19.1 Å². The Morgan fingerprint density at radius 1 is 0.941 bits per heavy atom. The van der Waals surface area contributed by atoms with Gasteiger partial charge in [-0.05, 0) is 19.8 Å². The van der Waals surface area contributed by atoms with Crippen molar-refractivity contribution in [3.8, 4) is 0 Å². The lowest BCUT2D eigenvalue weighted by atomic mass is 10.0. The number of ether oxygens (including phenoxy) is 2. The molecule has 100 valence electrons. The van der Waals surface area contributed by atoms with Crippen LogP contribution in [-0.2, 0) is 19.1 Å². The Morgan fingerprint density at radius 3 is 2.06 bits per heavy atom. The summed E-state index contributed by atoms with van der Waals surface area (Å²) < 4.78 is 9.96. The van der Waals surface area contributed by atoms with Crippen LogP contribution in [0.2, 0.25) is 0 Å². The molecule has 0 aromatic rings. The molecule has 0 spiro atoms. The lowest BCUT2D eigenvalue weighted by Crippen LogP contribution is -2.28. The van der Waals surface area contributed by atoms with Crippen LogP contribution in [0.25, 0.3) is 0 Å². The van der Waals surface area contributed by atoms with Gasteiger partial charge in [0.2, 0.25) is 0 Å². The summed E-state index contributed by atoms with van der Waals surface area (Å²) in [7, 11) is 0. The Labute approximate surface area is 104 Å². The SMILES string of the molecule is CCCCOC(=O)C(CCCC)C(=O)OCC. The van der Waals surface area contributed by atoms with Crippen LogP contribution in [0.5, 0.6) is 0 Å². The van der Waals surface area contributed by atoms with Crippen LogP contribution < -0.4 is 0 Å². The number of esters is 2. The smallest absolute Gasteiger partial charge is 0.320 e. The fourth-order valence-electron chi connectivity index (χ4n) is 1.40. The molecule has 0 saturated carbocycles. The maximum Gasteiger partial charge on any atom is 0.320 e. The van der Waals surface area contributed by atoms with Gasteiger partial charge in [-0.15, -0.1) is 0 Å². The van der Waals surface area contributed by atoms with Crippen LogP contribution in [0.1, 0.15) is 52.9 Å². The van der Waals surface area contributed by atoms with Gasteiger partial charge < -0.3 is 9.47 Å². The van der Waals surface area contributed by atoms with E-state index in [0.29, 0.717) is 19.6 Å². The predicted molar refractivity (Wildman–Crippen MR) is 65.5 cm³/mol.